The van der Waals surface area contributed by atoms with Gasteiger partial charge >= 0.3 is 5.97 Å². The van der Waals surface area contributed by atoms with Gasteiger partial charge in [-0.25, -0.2) is 31.9 Å². The molecule has 4 fully saturated rings. The van der Waals surface area contributed by atoms with E-state index in [0.29, 0.717) is 31.7 Å². The number of carbonyl (C=O) groups excluding carboxylic acids is 1. The minimum Gasteiger partial charge on any atom is -0.478 e. The van der Waals surface area contributed by atoms with Crippen LogP contribution in [0.2, 0.25) is 0 Å². The summed E-state index contributed by atoms with van der Waals surface area (Å²) in [5, 5.41) is 8.16. The van der Waals surface area contributed by atoms with Crippen molar-refractivity contribution in [2.75, 3.05) is 45.8 Å². The molecule has 4 aliphatic rings. The number of hydrogen-bond donors (Lipinski definition) is 1. The quantitative estimate of drug-likeness (QED) is 0.336. The number of nitrogens with zero attached hydrogens (tertiary/aromatic N) is 7. The molecule has 1 N–H and O–H groups in total. The molecule has 12 nitrogen and oxygen atoms in total. The van der Waals surface area contributed by atoms with Crippen molar-refractivity contribution in [2.45, 2.75) is 89.1 Å². The third-order valence-corrected chi connectivity index (χ3v) is 14.1. The number of carbonyl (C=O) groups is 2. The summed E-state index contributed by atoms with van der Waals surface area (Å²) < 4.78 is 42.0. The molecule has 1 aromatic carbocycles. The molecule has 0 spiro atoms. The third kappa shape index (κ3) is 8.77. The van der Waals surface area contributed by atoms with Gasteiger partial charge in [0.15, 0.2) is 0 Å². The highest BCUT2D eigenvalue weighted by Gasteiger charge is 2.45. The molecule has 1 saturated carbocycles. The minimum absolute atomic E-state index is 0.00866. The number of benzene rings is 1. The second-order valence-corrected chi connectivity index (χ2v) is 17.5. The summed E-state index contributed by atoms with van der Waals surface area (Å²) in [5.74, 6) is -0.887. The summed E-state index contributed by atoms with van der Waals surface area (Å²) >= 11 is 0. The van der Waals surface area contributed by atoms with E-state index >= 15 is 0 Å². The first-order chi connectivity index (χ1) is 25.3. The predicted molar refractivity (Wildman–Crippen MR) is 199 cm³/mol. The highest BCUT2D eigenvalue weighted by Crippen LogP contribution is 2.41. The predicted octanol–water partition coefficient (Wildman–Crippen LogP) is 4.96. The van der Waals surface area contributed by atoms with Gasteiger partial charge in [-0.05, 0) is 102 Å². The number of aryl methyl sites for hydroxylation is 2. The molecule has 14 heteroatoms. The van der Waals surface area contributed by atoms with E-state index in [1.807, 2.05) is 24.8 Å². The zero-order valence-corrected chi connectivity index (χ0v) is 32.0. The Morgan fingerprint density at radius 1 is 0.943 bits per heavy atom. The largest absolute Gasteiger partial charge is 0.478 e. The van der Waals surface area contributed by atoms with Crippen LogP contribution < -0.4 is 0 Å². The molecule has 7 rings (SSSR count). The number of amides is 1. The van der Waals surface area contributed by atoms with Crippen LogP contribution in [0.25, 0.3) is 0 Å². The molecule has 53 heavy (non-hydrogen) atoms. The van der Waals surface area contributed by atoms with Crippen molar-refractivity contribution < 1.29 is 27.5 Å². The number of aromatic nitrogens is 3. The average molecular weight is 750 g/mol. The molecule has 2 aromatic heterocycles. The molecule has 1 aliphatic carbocycles. The van der Waals surface area contributed by atoms with Gasteiger partial charge < -0.3 is 10.0 Å². The Morgan fingerprint density at radius 3 is 2.17 bits per heavy atom. The summed E-state index contributed by atoms with van der Waals surface area (Å²) in [6, 6.07) is 10.4. The van der Waals surface area contributed by atoms with E-state index in [4.69, 9.17) is 5.11 Å². The Morgan fingerprint density at radius 2 is 1.62 bits per heavy atom. The zero-order chi connectivity index (χ0) is 37.9. The molecular formula is C39H52FN7O5S. The fourth-order valence-electron chi connectivity index (χ4n) is 8.38. The van der Waals surface area contributed by atoms with Crippen molar-refractivity contribution in [2.24, 2.45) is 5.92 Å². The maximum Gasteiger partial charge on any atom is 0.337 e. The van der Waals surface area contributed by atoms with Gasteiger partial charge in [-0.3, -0.25) is 19.6 Å². The SMILES string of the molecule is Cc1ncnc(C)c1C(=O)N1CCC(C)(N2CCN([C@@H](c3cccc(F)c3)C3CCN(S(=O)(=O)C4CC4)CC3)[C@H](C)C2)CC1.O=C(O)c1cccnc1. The van der Waals surface area contributed by atoms with Crippen molar-refractivity contribution in [1.82, 2.24) is 34.0 Å². The van der Waals surface area contributed by atoms with Crippen molar-refractivity contribution in [3.05, 3.63) is 89.0 Å². The monoisotopic (exact) mass is 749 g/mol. The molecule has 2 atom stereocenters. The standard InChI is InChI=1S/C33H47FN6O3S.C6H5NO2/c1-23-21-38(33(4)12-16-37(17-13-33)32(41)30-24(2)35-22-36-25(30)3)18-19-40(23)31(27-6-5-7-28(34)20-27)26-10-14-39(15-11-26)44(42,43)29-8-9-29;8-6(9)5-2-1-3-7-4-5/h5-7,20,22-23,26,29,31H,8-19,21H2,1-4H3;1-4H,(H,8,9)/t23-,31-;/m1./s1. The van der Waals surface area contributed by atoms with Gasteiger partial charge in [0.1, 0.15) is 12.1 Å². The van der Waals surface area contributed by atoms with Crippen LogP contribution >= 0.6 is 0 Å². The van der Waals surface area contributed by atoms with Crippen molar-refractivity contribution in [3.63, 3.8) is 0 Å². The Labute approximate surface area is 312 Å². The van der Waals surface area contributed by atoms with Crippen LogP contribution in [0.5, 0.6) is 0 Å². The lowest BCUT2D eigenvalue weighted by molar-refractivity contribution is -0.0422. The van der Waals surface area contributed by atoms with Gasteiger partial charge in [0.2, 0.25) is 10.0 Å². The van der Waals surface area contributed by atoms with Gasteiger partial charge in [0, 0.05) is 75.8 Å². The Kier molecular flexibility index (Phi) is 11.9. The van der Waals surface area contributed by atoms with Crippen molar-refractivity contribution in [1.29, 1.82) is 0 Å². The highest BCUT2D eigenvalue weighted by molar-refractivity contribution is 7.90. The lowest BCUT2D eigenvalue weighted by Gasteiger charge is -2.54. The maximum absolute atomic E-state index is 14.5. The minimum atomic E-state index is -3.18. The van der Waals surface area contributed by atoms with Gasteiger partial charge in [-0.1, -0.05) is 12.1 Å². The number of sulfonamides is 1. The third-order valence-electron chi connectivity index (χ3n) is 11.7. The van der Waals surface area contributed by atoms with E-state index in [9.17, 15) is 22.4 Å². The van der Waals surface area contributed by atoms with E-state index in [2.05, 4.69) is 38.6 Å². The second-order valence-electron chi connectivity index (χ2n) is 15.3. The first-order valence-corrected chi connectivity index (χ1v) is 20.2. The number of pyridine rings is 1. The number of likely N-dealkylation sites (tertiary alicyclic amines) is 1. The summed E-state index contributed by atoms with van der Waals surface area (Å²) in [4.78, 5) is 42.8. The number of piperidine rings is 2. The molecule has 0 bridgehead atoms. The number of hydrogen-bond acceptors (Lipinski definition) is 9. The number of halogens is 1. The van der Waals surface area contributed by atoms with Crippen LogP contribution in [0.1, 0.15) is 96.1 Å². The second kappa shape index (κ2) is 16.3. The average Bonchev–Trinajstić information content (AvgIpc) is 4.01. The zero-order valence-electron chi connectivity index (χ0n) is 31.2. The Hall–Kier alpha value is -3.85. The highest BCUT2D eigenvalue weighted by atomic mass is 32.2. The normalized spacial score (nSPS) is 22.4. The number of rotatable bonds is 8. The fourth-order valence-corrected chi connectivity index (χ4v) is 10.3. The molecule has 3 aliphatic heterocycles. The van der Waals surface area contributed by atoms with E-state index in [1.165, 1.54) is 30.9 Å². The van der Waals surface area contributed by atoms with Crippen LogP contribution in [-0.4, -0.2) is 122 Å². The van der Waals surface area contributed by atoms with Crippen molar-refractivity contribution >= 4 is 21.9 Å². The summed E-state index contributed by atoms with van der Waals surface area (Å²) in [6.07, 6.45) is 9.29. The fraction of sp³-hybridized carbons (Fsp3) is 0.564. The Balaban J connectivity index is 0.000000468. The van der Waals surface area contributed by atoms with Gasteiger partial charge in [0.05, 0.1) is 27.8 Å². The number of aromatic carboxylic acids is 1. The van der Waals surface area contributed by atoms with Crippen LogP contribution in [0, 0.1) is 25.6 Å². The van der Waals surface area contributed by atoms with Crippen LogP contribution in [0.4, 0.5) is 4.39 Å². The summed E-state index contributed by atoms with van der Waals surface area (Å²) in [7, 11) is -3.18. The number of carboxylic acid groups (broad SMARTS) is 1. The maximum atomic E-state index is 14.5. The van der Waals surface area contributed by atoms with Crippen molar-refractivity contribution in [3.8, 4) is 0 Å². The molecular weight excluding hydrogens is 698 g/mol. The molecule has 286 valence electrons. The molecule has 3 saturated heterocycles. The first-order valence-electron chi connectivity index (χ1n) is 18.7. The van der Waals surface area contributed by atoms with Crippen LogP contribution in [-0.2, 0) is 10.0 Å². The molecule has 1 amide bonds. The van der Waals surface area contributed by atoms with E-state index in [1.54, 1.807) is 22.5 Å². The van der Waals surface area contributed by atoms with Crippen LogP contribution in [0.15, 0.2) is 55.1 Å². The van der Waals surface area contributed by atoms with Gasteiger partial charge in [-0.15, -0.1) is 0 Å². The number of piperazine rings is 1. The van der Waals surface area contributed by atoms with E-state index < -0.39 is 16.0 Å². The molecule has 3 aromatic rings. The van der Waals surface area contributed by atoms with Crippen LogP contribution in [0.3, 0.4) is 0 Å². The number of carboxylic acids is 1. The van der Waals surface area contributed by atoms with Gasteiger partial charge in [-0.2, -0.15) is 0 Å². The topological polar surface area (TPSA) is 140 Å². The smallest absolute Gasteiger partial charge is 0.337 e. The summed E-state index contributed by atoms with van der Waals surface area (Å²) in [6.45, 7) is 13.5. The summed E-state index contributed by atoms with van der Waals surface area (Å²) in [5.41, 5.74) is 3.27. The lowest BCUT2D eigenvalue weighted by Crippen LogP contribution is -2.63. The first kappa shape index (κ1) is 38.9. The van der Waals surface area contributed by atoms with E-state index in [0.717, 1.165) is 75.1 Å². The molecule has 0 unspecified atom stereocenters. The molecule has 0 radical (unpaired) electrons. The Bertz CT molecular complexity index is 1840. The molecule has 5 heterocycles. The lowest BCUT2D eigenvalue weighted by atomic mass is 9.82. The van der Waals surface area contributed by atoms with Gasteiger partial charge in [0.25, 0.3) is 5.91 Å². The van der Waals surface area contributed by atoms with E-state index in [-0.39, 0.29) is 46.1 Å².